The van der Waals surface area contributed by atoms with E-state index < -0.39 is 0 Å². The number of amides is 2. The van der Waals surface area contributed by atoms with Crippen molar-refractivity contribution in [3.63, 3.8) is 0 Å². The molecule has 3 fully saturated rings. The van der Waals surface area contributed by atoms with Crippen molar-refractivity contribution in [3.8, 4) is 0 Å². The molecule has 0 aliphatic carbocycles. The summed E-state index contributed by atoms with van der Waals surface area (Å²) in [6.07, 6.45) is 5.54. The van der Waals surface area contributed by atoms with Crippen LogP contribution in [-0.4, -0.2) is 88.5 Å². The minimum Gasteiger partial charge on any atom is -0.369 e. The van der Waals surface area contributed by atoms with Crippen LogP contribution < -0.4 is 20.4 Å². The smallest absolute Gasteiger partial charge is 0.253 e. The van der Waals surface area contributed by atoms with Crippen molar-refractivity contribution in [3.05, 3.63) is 77.0 Å². The van der Waals surface area contributed by atoms with Crippen LogP contribution in [0.5, 0.6) is 0 Å². The summed E-state index contributed by atoms with van der Waals surface area (Å²) in [4.78, 5) is 38.2. The molecule has 2 amide bonds. The number of aryl methyl sites for hydroxylation is 1. The standard InChI is InChI=1S/C34H41N9O2/c1-21-29(11-12-30-32(21)39-40-38-30)34(45)37-25-18-27-9-10-28(19-25)43(27)31-13-6-24(20-35-31)33(44)36-22(2)23-4-7-26(8-5-23)42-16-14-41(3)15-17-42/h4-8,11-13,20,22,25,27-28H,9-10,14-19H2,1-3H3,(H,36,44)(H,37,45)(H,38,39,40)/t22-,25-,27+,28-/m0/s1. The number of H-pyrrole nitrogens is 1. The van der Waals surface area contributed by atoms with Crippen molar-refractivity contribution >= 4 is 34.4 Å². The predicted octanol–water partition coefficient (Wildman–Crippen LogP) is 3.83. The fourth-order valence-corrected chi connectivity index (χ4v) is 7.30. The lowest BCUT2D eigenvalue weighted by atomic mass is 9.96. The molecular weight excluding hydrogens is 566 g/mol. The van der Waals surface area contributed by atoms with Gasteiger partial charge in [-0.1, -0.05) is 17.3 Å². The Morgan fingerprint density at radius 3 is 2.36 bits per heavy atom. The molecule has 0 radical (unpaired) electrons. The Balaban J connectivity index is 0.944. The third-order valence-corrected chi connectivity index (χ3v) is 9.95. The number of hydrogen-bond acceptors (Lipinski definition) is 8. The molecule has 0 unspecified atom stereocenters. The van der Waals surface area contributed by atoms with E-state index >= 15 is 0 Å². The molecule has 2 bridgehead atoms. The van der Waals surface area contributed by atoms with Crippen LogP contribution in [0, 0.1) is 6.92 Å². The highest BCUT2D eigenvalue weighted by atomic mass is 16.2. The number of hydrogen-bond donors (Lipinski definition) is 3. The first-order chi connectivity index (χ1) is 21.8. The fourth-order valence-electron chi connectivity index (χ4n) is 7.30. The van der Waals surface area contributed by atoms with Gasteiger partial charge in [-0.15, -0.1) is 5.10 Å². The molecule has 11 heteroatoms. The minimum absolute atomic E-state index is 0.0658. The van der Waals surface area contributed by atoms with Crippen LogP contribution in [-0.2, 0) is 0 Å². The van der Waals surface area contributed by atoms with Gasteiger partial charge >= 0.3 is 0 Å². The van der Waals surface area contributed by atoms with E-state index in [1.54, 1.807) is 6.20 Å². The van der Waals surface area contributed by atoms with Crippen LogP contribution in [0.2, 0.25) is 0 Å². The second kappa shape index (κ2) is 12.1. The van der Waals surface area contributed by atoms with E-state index in [2.05, 4.69) is 72.1 Å². The van der Waals surface area contributed by atoms with Gasteiger partial charge in [0.1, 0.15) is 11.3 Å². The van der Waals surface area contributed by atoms with Gasteiger partial charge in [0.2, 0.25) is 0 Å². The molecule has 234 valence electrons. The average molecular weight is 608 g/mol. The Hall–Kier alpha value is -4.51. The van der Waals surface area contributed by atoms with Gasteiger partial charge in [0, 0.05) is 61.8 Å². The SMILES string of the molecule is Cc1c(C(=O)N[C@H]2C[C@H]3CC[C@@H](C2)N3c2ccc(C(=O)N[C@@H](C)c3ccc(N4CCN(C)CC4)cc3)cn2)ccc2[nH]nnc12. The summed E-state index contributed by atoms with van der Waals surface area (Å²) < 4.78 is 0. The van der Waals surface area contributed by atoms with Gasteiger partial charge in [0.15, 0.2) is 0 Å². The monoisotopic (exact) mass is 607 g/mol. The number of carbonyl (C=O) groups is 2. The molecule has 3 aliphatic rings. The van der Waals surface area contributed by atoms with Crippen LogP contribution >= 0.6 is 0 Å². The first kappa shape index (κ1) is 29.2. The van der Waals surface area contributed by atoms with Gasteiger partial charge in [0.25, 0.3) is 11.8 Å². The molecule has 3 saturated heterocycles. The molecule has 11 nitrogen and oxygen atoms in total. The van der Waals surface area contributed by atoms with Crippen molar-refractivity contribution in [2.24, 2.45) is 0 Å². The number of benzene rings is 2. The molecule has 0 spiro atoms. The molecule has 0 saturated carbocycles. The minimum atomic E-state index is -0.131. The number of likely N-dealkylation sites (N-methyl/N-ethyl adjacent to an activating group) is 1. The van der Waals surface area contributed by atoms with E-state index in [0.717, 1.165) is 79.8 Å². The molecule has 5 heterocycles. The third kappa shape index (κ3) is 5.84. The molecule has 4 atom stereocenters. The summed E-state index contributed by atoms with van der Waals surface area (Å²) in [7, 11) is 2.16. The van der Waals surface area contributed by atoms with Crippen molar-refractivity contribution < 1.29 is 9.59 Å². The molecule has 3 aliphatic heterocycles. The molecular formula is C34H41N9O2. The normalized spacial score (nSPS) is 22.4. The van der Waals surface area contributed by atoms with E-state index in [-0.39, 0.29) is 23.9 Å². The zero-order chi connectivity index (χ0) is 31.1. The lowest BCUT2D eigenvalue weighted by Crippen LogP contribution is -2.50. The first-order valence-corrected chi connectivity index (χ1v) is 16.0. The number of nitrogens with zero attached hydrogens (tertiary/aromatic N) is 6. The number of nitrogens with one attached hydrogen (secondary N) is 3. The average Bonchev–Trinajstić information content (AvgIpc) is 3.64. The van der Waals surface area contributed by atoms with E-state index in [0.29, 0.717) is 23.2 Å². The van der Waals surface area contributed by atoms with Gasteiger partial charge in [-0.3, -0.25) is 14.7 Å². The number of carbonyl (C=O) groups excluding carboxylic acids is 2. The Labute approximate surface area is 263 Å². The second-order valence-corrected chi connectivity index (χ2v) is 12.9. The molecule has 2 aromatic heterocycles. The van der Waals surface area contributed by atoms with Crippen LogP contribution in [0.4, 0.5) is 11.5 Å². The van der Waals surface area contributed by atoms with Gasteiger partial charge in [-0.25, -0.2) is 4.98 Å². The maximum atomic E-state index is 13.2. The van der Waals surface area contributed by atoms with Crippen LogP contribution in [0.1, 0.15) is 70.5 Å². The second-order valence-electron chi connectivity index (χ2n) is 12.9. The number of pyridine rings is 1. The van der Waals surface area contributed by atoms with E-state index in [1.165, 1.54) is 5.69 Å². The van der Waals surface area contributed by atoms with E-state index in [9.17, 15) is 9.59 Å². The molecule has 4 aromatic rings. The highest BCUT2D eigenvalue weighted by Crippen LogP contribution is 2.38. The van der Waals surface area contributed by atoms with Gasteiger partial charge in [-0.2, -0.15) is 0 Å². The Bertz CT molecular complexity index is 1660. The number of piperazine rings is 1. The molecule has 2 aromatic carbocycles. The molecule has 45 heavy (non-hydrogen) atoms. The first-order valence-electron chi connectivity index (χ1n) is 16.0. The highest BCUT2D eigenvalue weighted by Gasteiger charge is 2.42. The zero-order valence-electron chi connectivity index (χ0n) is 26.2. The predicted molar refractivity (Wildman–Crippen MR) is 175 cm³/mol. The summed E-state index contributed by atoms with van der Waals surface area (Å²) in [5.41, 5.74) is 5.88. The number of aromatic nitrogens is 4. The molecule has 7 rings (SSSR count). The topological polar surface area (TPSA) is 122 Å². The highest BCUT2D eigenvalue weighted by molar-refractivity contribution is 6.00. The summed E-state index contributed by atoms with van der Waals surface area (Å²) in [5, 5.41) is 17.3. The quantitative estimate of drug-likeness (QED) is 0.290. The van der Waals surface area contributed by atoms with Crippen molar-refractivity contribution in [2.75, 3.05) is 43.0 Å². The molecule has 3 N–H and O–H groups in total. The van der Waals surface area contributed by atoms with Crippen LogP contribution in [0.25, 0.3) is 11.0 Å². The number of rotatable bonds is 7. The van der Waals surface area contributed by atoms with Gasteiger partial charge < -0.3 is 25.3 Å². The Kier molecular flexibility index (Phi) is 7.87. The van der Waals surface area contributed by atoms with Gasteiger partial charge in [0.05, 0.1) is 17.1 Å². The van der Waals surface area contributed by atoms with Gasteiger partial charge in [-0.05, 0) is 94.1 Å². The zero-order valence-corrected chi connectivity index (χ0v) is 26.2. The Morgan fingerprint density at radius 1 is 0.933 bits per heavy atom. The van der Waals surface area contributed by atoms with Crippen molar-refractivity contribution in [1.29, 1.82) is 0 Å². The third-order valence-electron chi connectivity index (χ3n) is 9.95. The fraction of sp³-hybridized carbons (Fsp3) is 0.441. The van der Waals surface area contributed by atoms with E-state index in [1.807, 2.05) is 38.1 Å². The summed E-state index contributed by atoms with van der Waals surface area (Å²) >= 11 is 0. The lowest BCUT2D eigenvalue weighted by Gasteiger charge is -2.40. The summed E-state index contributed by atoms with van der Waals surface area (Å²) in [6.45, 7) is 8.13. The number of aromatic amines is 1. The Morgan fingerprint density at radius 2 is 1.67 bits per heavy atom. The van der Waals surface area contributed by atoms with E-state index in [4.69, 9.17) is 4.98 Å². The van der Waals surface area contributed by atoms with Crippen LogP contribution in [0.3, 0.4) is 0 Å². The van der Waals surface area contributed by atoms with Crippen molar-refractivity contribution in [1.82, 2.24) is 35.9 Å². The van der Waals surface area contributed by atoms with Crippen LogP contribution in [0.15, 0.2) is 54.7 Å². The number of piperidine rings is 1. The summed E-state index contributed by atoms with van der Waals surface area (Å²) in [5.74, 6) is 0.695. The largest absolute Gasteiger partial charge is 0.369 e. The number of fused-ring (bicyclic) bond motifs is 3. The lowest BCUT2D eigenvalue weighted by molar-refractivity contribution is 0.0922. The number of anilines is 2. The maximum Gasteiger partial charge on any atom is 0.253 e. The maximum absolute atomic E-state index is 13.2. The summed E-state index contributed by atoms with van der Waals surface area (Å²) in [6, 6.07) is 16.6. The van der Waals surface area contributed by atoms with Crippen molar-refractivity contribution in [2.45, 2.75) is 63.7 Å².